The molecule has 0 amide bonds. The number of aromatic amines is 1. The maximum atomic E-state index is 13.4. The highest BCUT2D eigenvalue weighted by Gasteiger charge is 2.16. The summed E-state index contributed by atoms with van der Waals surface area (Å²) in [4.78, 5) is 9.88. The molecule has 2 aromatic rings. The molecule has 1 aliphatic rings. The second-order valence-electron chi connectivity index (χ2n) is 6.88. The number of hydrogen-bond donors (Lipinski definition) is 3. The van der Waals surface area contributed by atoms with Crippen LogP contribution in [0.1, 0.15) is 18.4 Å². The fourth-order valence-corrected chi connectivity index (χ4v) is 3.40. The van der Waals surface area contributed by atoms with Crippen LogP contribution in [0.4, 0.5) is 4.39 Å². The number of nitrogens with zero attached hydrogens (tertiary/aromatic N) is 2. The third kappa shape index (κ3) is 4.72. The molecule has 1 aliphatic heterocycles. The van der Waals surface area contributed by atoms with Crippen molar-refractivity contribution in [3.63, 3.8) is 0 Å². The normalized spacial score (nSPS) is 17.2. The Labute approximate surface area is 148 Å². The molecule has 3 rings (SSSR count). The zero-order valence-electron chi connectivity index (χ0n) is 15.1. The molecule has 6 heteroatoms. The van der Waals surface area contributed by atoms with Gasteiger partial charge >= 0.3 is 0 Å². The molecule has 1 aromatic carbocycles. The van der Waals surface area contributed by atoms with Crippen molar-refractivity contribution in [1.29, 1.82) is 0 Å². The Morgan fingerprint density at radius 2 is 2.12 bits per heavy atom. The van der Waals surface area contributed by atoms with Gasteiger partial charge in [0.05, 0.1) is 0 Å². The van der Waals surface area contributed by atoms with Gasteiger partial charge in [0.1, 0.15) is 5.82 Å². The molecule has 0 spiro atoms. The van der Waals surface area contributed by atoms with E-state index in [-0.39, 0.29) is 5.82 Å². The van der Waals surface area contributed by atoms with Gasteiger partial charge in [-0.15, -0.1) is 0 Å². The lowest BCUT2D eigenvalue weighted by Crippen LogP contribution is -2.42. The first-order valence-corrected chi connectivity index (χ1v) is 9.04. The molecule has 0 atom stereocenters. The van der Waals surface area contributed by atoms with Gasteiger partial charge in [-0.05, 0) is 69.1 Å². The molecular weight excluding hydrogens is 317 g/mol. The summed E-state index contributed by atoms with van der Waals surface area (Å²) in [6.45, 7) is 4.08. The van der Waals surface area contributed by atoms with Crippen LogP contribution < -0.4 is 10.6 Å². The second-order valence-corrected chi connectivity index (χ2v) is 6.88. The molecule has 136 valence electrons. The van der Waals surface area contributed by atoms with Crippen LogP contribution in [0.5, 0.6) is 0 Å². The molecule has 0 bridgehead atoms. The van der Waals surface area contributed by atoms with Crippen LogP contribution in [0.2, 0.25) is 0 Å². The molecule has 3 N–H and O–H groups in total. The number of likely N-dealkylation sites (tertiary alicyclic amines) is 1. The molecule has 1 fully saturated rings. The summed E-state index contributed by atoms with van der Waals surface area (Å²) in [6, 6.07) is 4.85. The number of guanidine groups is 1. The first-order chi connectivity index (χ1) is 12.2. The van der Waals surface area contributed by atoms with E-state index in [2.05, 4.69) is 32.6 Å². The number of benzene rings is 1. The summed E-state index contributed by atoms with van der Waals surface area (Å²) >= 11 is 0. The standard InChI is InChI=1S/C19H28FN5/c1-21-19(24-12-14-6-9-25(2)10-7-14)22-8-5-15-13-23-18-4-3-16(20)11-17(15)18/h3-4,11,13-14,23H,5-10,12H2,1-2H3,(H2,21,22,24). The number of fused-ring (bicyclic) bond motifs is 1. The molecule has 2 heterocycles. The molecule has 0 unspecified atom stereocenters. The van der Waals surface area contributed by atoms with E-state index in [9.17, 15) is 4.39 Å². The number of hydrogen-bond acceptors (Lipinski definition) is 2. The lowest BCUT2D eigenvalue weighted by molar-refractivity contribution is 0.220. The number of aliphatic imine (C=N–C) groups is 1. The Kier molecular flexibility index (Phi) is 5.91. The molecule has 1 saturated heterocycles. The summed E-state index contributed by atoms with van der Waals surface area (Å²) < 4.78 is 13.4. The first-order valence-electron chi connectivity index (χ1n) is 9.04. The summed E-state index contributed by atoms with van der Waals surface area (Å²) in [5.74, 6) is 1.35. The average molecular weight is 345 g/mol. The van der Waals surface area contributed by atoms with Gasteiger partial charge in [-0.3, -0.25) is 4.99 Å². The van der Waals surface area contributed by atoms with Gasteiger partial charge < -0.3 is 20.5 Å². The zero-order chi connectivity index (χ0) is 17.6. The summed E-state index contributed by atoms with van der Waals surface area (Å²) in [5, 5.41) is 7.74. The van der Waals surface area contributed by atoms with E-state index in [0.29, 0.717) is 5.92 Å². The maximum Gasteiger partial charge on any atom is 0.190 e. The van der Waals surface area contributed by atoms with Gasteiger partial charge in [0, 0.05) is 37.2 Å². The van der Waals surface area contributed by atoms with Crippen LogP contribution in [0.25, 0.3) is 10.9 Å². The van der Waals surface area contributed by atoms with Gasteiger partial charge in [-0.25, -0.2) is 4.39 Å². The quantitative estimate of drug-likeness (QED) is 0.576. The third-order valence-corrected chi connectivity index (χ3v) is 5.04. The molecule has 0 aliphatic carbocycles. The van der Waals surface area contributed by atoms with Crippen LogP contribution in [0.3, 0.4) is 0 Å². The van der Waals surface area contributed by atoms with E-state index >= 15 is 0 Å². The monoisotopic (exact) mass is 345 g/mol. The third-order valence-electron chi connectivity index (χ3n) is 5.04. The van der Waals surface area contributed by atoms with Crippen molar-refractivity contribution in [3.8, 4) is 0 Å². The minimum atomic E-state index is -0.197. The fourth-order valence-electron chi connectivity index (χ4n) is 3.40. The molecule has 0 saturated carbocycles. The highest BCUT2D eigenvalue weighted by atomic mass is 19.1. The highest BCUT2D eigenvalue weighted by molar-refractivity contribution is 5.83. The number of rotatable bonds is 5. The largest absolute Gasteiger partial charge is 0.361 e. The smallest absolute Gasteiger partial charge is 0.190 e. The van der Waals surface area contributed by atoms with Crippen molar-refractivity contribution in [2.45, 2.75) is 19.3 Å². The minimum Gasteiger partial charge on any atom is -0.361 e. The fraction of sp³-hybridized carbons (Fsp3) is 0.526. The number of halogens is 1. The van der Waals surface area contributed by atoms with E-state index < -0.39 is 0 Å². The predicted molar refractivity (Wildman–Crippen MR) is 102 cm³/mol. The Hall–Kier alpha value is -2.08. The SMILES string of the molecule is CN=C(NCCc1c[nH]c2ccc(F)cc12)NCC1CCN(C)CC1. The summed E-state index contributed by atoms with van der Waals surface area (Å²) in [6.07, 6.45) is 5.25. The van der Waals surface area contributed by atoms with E-state index in [1.54, 1.807) is 19.2 Å². The Bertz CT molecular complexity index is 716. The van der Waals surface area contributed by atoms with Gasteiger partial charge in [0.25, 0.3) is 0 Å². The van der Waals surface area contributed by atoms with E-state index in [1.807, 2.05) is 6.20 Å². The molecular formula is C19H28FN5. The van der Waals surface area contributed by atoms with Gasteiger partial charge in [-0.1, -0.05) is 0 Å². The van der Waals surface area contributed by atoms with Crippen molar-refractivity contribution in [1.82, 2.24) is 20.5 Å². The second kappa shape index (κ2) is 8.34. The highest BCUT2D eigenvalue weighted by Crippen LogP contribution is 2.19. The van der Waals surface area contributed by atoms with Crippen LogP contribution in [-0.4, -0.2) is 56.1 Å². The Morgan fingerprint density at radius 1 is 1.32 bits per heavy atom. The molecule has 0 radical (unpaired) electrons. The van der Waals surface area contributed by atoms with Crippen molar-refractivity contribution in [3.05, 3.63) is 35.8 Å². The average Bonchev–Trinajstić information content (AvgIpc) is 3.01. The van der Waals surface area contributed by atoms with Crippen molar-refractivity contribution < 1.29 is 4.39 Å². The lowest BCUT2D eigenvalue weighted by atomic mass is 9.97. The van der Waals surface area contributed by atoms with Gasteiger partial charge in [-0.2, -0.15) is 0 Å². The van der Waals surface area contributed by atoms with Gasteiger partial charge in [0.15, 0.2) is 5.96 Å². The van der Waals surface area contributed by atoms with Crippen molar-refractivity contribution in [2.24, 2.45) is 10.9 Å². The van der Waals surface area contributed by atoms with Crippen LogP contribution in [-0.2, 0) is 6.42 Å². The van der Waals surface area contributed by atoms with E-state index in [4.69, 9.17) is 0 Å². The van der Waals surface area contributed by atoms with E-state index in [1.165, 1.54) is 32.0 Å². The zero-order valence-corrected chi connectivity index (χ0v) is 15.1. The Balaban J connectivity index is 1.45. The molecule has 1 aromatic heterocycles. The number of aromatic nitrogens is 1. The van der Waals surface area contributed by atoms with Crippen LogP contribution in [0, 0.1) is 11.7 Å². The molecule has 5 nitrogen and oxygen atoms in total. The topological polar surface area (TPSA) is 55.5 Å². The molecule has 25 heavy (non-hydrogen) atoms. The van der Waals surface area contributed by atoms with Crippen molar-refractivity contribution >= 4 is 16.9 Å². The lowest BCUT2D eigenvalue weighted by Gasteiger charge is -2.29. The number of piperidine rings is 1. The first kappa shape index (κ1) is 17.7. The van der Waals surface area contributed by atoms with Gasteiger partial charge in [0.2, 0.25) is 0 Å². The number of H-pyrrole nitrogens is 1. The van der Waals surface area contributed by atoms with Crippen LogP contribution in [0.15, 0.2) is 29.4 Å². The summed E-state index contributed by atoms with van der Waals surface area (Å²) in [7, 11) is 3.98. The summed E-state index contributed by atoms with van der Waals surface area (Å²) in [5.41, 5.74) is 2.09. The Morgan fingerprint density at radius 3 is 2.88 bits per heavy atom. The minimum absolute atomic E-state index is 0.197. The predicted octanol–water partition coefficient (Wildman–Crippen LogP) is 2.36. The van der Waals surface area contributed by atoms with Crippen molar-refractivity contribution in [2.75, 3.05) is 40.3 Å². The van der Waals surface area contributed by atoms with Crippen LogP contribution >= 0.6 is 0 Å². The van der Waals surface area contributed by atoms with E-state index in [0.717, 1.165) is 41.9 Å². The number of nitrogens with one attached hydrogen (secondary N) is 3. The maximum absolute atomic E-state index is 13.4.